The molecule has 0 saturated heterocycles. The van der Waals surface area contributed by atoms with Crippen LogP contribution in [0.15, 0.2) is 12.3 Å². The van der Waals surface area contributed by atoms with Crippen LogP contribution in [0.25, 0.3) is 0 Å². The van der Waals surface area contributed by atoms with E-state index in [0.717, 1.165) is 19.1 Å². The molecule has 1 aliphatic rings. The molecular formula is C12H21N3. The Morgan fingerprint density at radius 2 is 2.40 bits per heavy atom. The van der Waals surface area contributed by atoms with Crippen molar-refractivity contribution >= 4 is 0 Å². The zero-order valence-electron chi connectivity index (χ0n) is 9.74. The minimum Gasteiger partial charge on any atom is -0.308 e. The molecule has 1 aliphatic carbocycles. The maximum atomic E-state index is 4.38. The van der Waals surface area contributed by atoms with Gasteiger partial charge in [-0.2, -0.15) is 5.10 Å². The molecule has 1 saturated carbocycles. The van der Waals surface area contributed by atoms with Crippen LogP contribution in [0.1, 0.15) is 38.8 Å². The van der Waals surface area contributed by atoms with Crippen molar-refractivity contribution in [3.63, 3.8) is 0 Å². The maximum Gasteiger partial charge on any atom is 0.0522 e. The molecule has 1 heterocycles. The summed E-state index contributed by atoms with van der Waals surface area (Å²) in [7, 11) is 0. The van der Waals surface area contributed by atoms with Crippen molar-refractivity contribution in [2.45, 2.75) is 52.2 Å². The van der Waals surface area contributed by atoms with Gasteiger partial charge in [0.25, 0.3) is 0 Å². The standard InChI is InChI=1S/C12H21N3/c1-3-10(2)9-15-12(6-7-14-15)8-13-11-4-5-11/h6-7,10-11,13H,3-5,8-9H2,1-2H3. The average molecular weight is 207 g/mol. The van der Waals surface area contributed by atoms with E-state index in [1.807, 2.05) is 6.20 Å². The summed E-state index contributed by atoms with van der Waals surface area (Å²) >= 11 is 0. The summed E-state index contributed by atoms with van der Waals surface area (Å²) in [4.78, 5) is 0. The normalized spacial score (nSPS) is 18.0. The molecule has 1 aromatic heterocycles. The van der Waals surface area contributed by atoms with Crippen LogP contribution in [0, 0.1) is 5.92 Å². The highest BCUT2D eigenvalue weighted by atomic mass is 15.3. The molecule has 0 spiro atoms. The van der Waals surface area contributed by atoms with E-state index in [9.17, 15) is 0 Å². The van der Waals surface area contributed by atoms with Crippen LogP contribution in [0.5, 0.6) is 0 Å². The third-order valence-corrected chi connectivity index (χ3v) is 3.14. The van der Waals surface area contributed by atoms with Crippen molar-refractivity contribution in [1.82, 2.24) is 15.1 Å². The number of rotatable bonds is 6. The number of hydrogen-bond donors (Lipinski definition) is 1. The van der Waals surface area contributed by atoms with Crippen molar-refractivity contribution in [1.29, 1.82) is 0 Å². The van der Waals surface area contributed by atoms with E-state index in [0.29, 0.717) is 5.92 Å². The van der Waals surface area contributed by atoms with E-state index in [-0.39, 0.29) is 0 Å². The monoisotopic (exact) mass is 207 g/mol. The van der Waals surface area contributed by atoms with Crippen LogP contribution >= 0.6 is 0 Å². The van der Waals surface area contributed by atoms with E-state index in [1.54, 1.807) is 0 Å². The largest absolute Gasteiger partial charge is 0.308 e. The van der Waals surface area contributed by atoms with Gasteiger partial charge < -0.3 is 5.32 Å². The van der Waals surface area contributed by atoms with Gasteiger partial charge >= 0.3 is 0 Å². The van der Waals surface area contributed by atoms with E-state index >= 15 is 0 Å². The fourth-order valence-corrected chi connectivity index (χ4v) is 1.64. The molecule has 1 unspecified atom stereocenters. The van der Waals surface area contributed by atoms with Crippen LogP contribution in [0.2, 0.25) is 0 Å². The first-order valence-corrected chi connectivity index (χ1v) is 6.03. The molecule has 1 N–H and O–H groups in total. The zero-order chi connectivity index (χ0) is 10.7. The Morgan fingerprint density at radius 3 is 3.07 bits per heavy atom. The molecule has 0 bridgehead atoms. The molecule has 2 rings (SSSR count). The highest BCUT2D eigenvalue weighted by Gasteiger charge is 2.20. The number of nitrogens with zero attached hydrogens (tertiary/aromatic N) is 2. The second-order valence-corrected chi connectivity index (χ2v) is 4.67. The van der Waals surface area contributed by atoms with Crippen LogP contribution in [-0.2, 0) is 13.1 Å². The Hall–Kier alpha value is -0.830. The fraction of sp³-hybridized carbons (Fsp3) is 0.750. The minimum atomic E-state index is 0.713. The van der Waals surface area contributed by atoms with Crippen molar-refractivity contribution in [2.75, 3.05) is 0 Å². The van der Waals surface area contributed by atoms with E-state index in [4.69, 9.17) is 0 Å². The van der Waals surface area contributed by atoms with E-state index in [2.05, 4.69) is 35.0 Å². The molecule has 1 aromatic rings. The van der Waals surface area contributed by atoms with Gasteiger partial charge in [0.05, 0.1) is 5.69 Å². The van der Waals surface area contributed by atoms with Crippen molar-refractivity contribution in [3.05, 3.63) is 18.0 Å². The van der Waals surface area contributed by atoms with Gasteiger partial charge in [-0.25, -0.2) is 0 Å². The second kappa shape index (κ2) is 4.79. The lowest BCUT2D eigenvalue weighted by Crippen LogP contribution is -2.20. The molecule has 0 aromatic carbocycles. The Balaban J connectivity index is 1.88. The lowest BCUT2D eigenvalue weighted by atomic mass is 10.1. The SMILES string of the molecule is CCC(C)Cn1nccc1CNC1CC1. The summed E-state index contributed by atoms with van der Waals surface area (Å²) in [5.74, 6) is 0.713. The first kappa shape index (κ1) is 10.7. The lowest BCUT2D eigenvalue weighted by molar-refractivity contribution is 0.423. The van der Waals surface area contributed by atoms with Gasteiger partial charge in [-0.1, -0.05) is 20.3 Å². The third-order valence-electron chi connectivity index (χ3n) is 3.14. The first-order valence-electron chi connectivity index (χ1n) is 6.03. The highest BCUT2D eigenvalue weighted by Crippen LogP contribution is 2.19. The second-order valence-electron chi connectivity index (χ2n) is 4.67. The Morgan fingerprint density at radius 1 is 1.60 bits per heavy atom. The first-order chi connectivity index (χ1) is 7.29. The Kier molecular flexibility index (Phi) is 3.41. The van der Waals surface area contributed by atoms with Crippen molar-refractivity contribution in [3.8, 4) is 0 Å². The average Bonchev–Trinajstić information content (AvgIpc) is 2.97. The summed E-state index contributed by atoms with van der Waals surface area (Å²) in [6.45, 7) is 6.53. The predicted octanol–water partition coefficient (Wildman–Crippen LogP) is 2.18. The van der Waals surface area contributed by atoms with Crippen LogP contribution < -0.4 is 5.32 Å². The van der Waals surface area contributed by atoms with Crippen molar-refractivity contribution < 1.29 is 0 Å². The third kappa shape index (κ3) is 3.06. The van der Waals surface area contributed by atoms with Gasteiger partial charge in [0.1, 0.15) is 0 Å². The fourth-order valence-electron chi connectivity index (χ4n) is 1.64. The topological polar surface area (TPSA) is 29.9 Å². The van der Waals surface area contributed by atoms with E-state index < -0.39 is 0 Å². The van der Waals surface area contributed by atoms with Gasteiger partial charge in [0.2, 0.25) is 0 Å². The molecule has 0 radical (unpaired) electrons. The number of aromatic nitrogens is 2. The van der Waals surface area contributed by atoms with Gasteiger partial charge in [-0.15, -0.1) is 0 Å². The molecule has 0 amide bonds. The minimum absolute atomic E-state index is 0.713. The summed E-state index contributed by atoms with van der Waals surface area (Å²) < 4.78 is 2.14. The van der Waals surface area contributed by atoms with Gasteiger partial charge in [-0.05, 0) is 24.8 Å². The Labute approximate surface area is 91.9 Å². The predicted molar refractivity (Wildman–Crippen MR) is 61.5 cm³/mol. The molecular weight excluding hydrogens is 186 g/mol. The van der Waals surface area contributed by atoms with Crippen molar-refractivity contribution in [2.24, 2.45) is 5.92 Å². The van der Waals surface area contributed by atoms with Crippen LogP contribution in [0.4, 0.5) is 0 Å². The molecule has 84 valence electrons. The van der Waals surface area contributed by atoms with Gasteiger partial charge in [0, 0.05) is 25.3 Å². The van der Waals surface area contributed by atoms with Crippen LogP contribution in [0.3, 0.4) is 0 Å². The number of hydrogen-bond acceptors (Lipinski definition) is 2. The molecule has 1 fully saturated rings. The highest BCUT2D eigenvalue weighted by molar-refractivity contribution is 5.01. The summed E-state index contributed by atoms with van der Waals surface area (Å²) in [5, 5.41) is 7.91. The molecule has 3 heteroatoms. The summed E-state index contributed by atoms with van der Waals surface area (Å²) in [5.41, 5.74) is 1.32. The number of nitrogens with one attached hydrogen (secondary N) is 1. The van der Waals surface area contributed by atoms with Gasteiger partial charge in [0.15, 0.2) is 0 Å². The lowest BCUT2D eigenvalue weighted by Gasteiger charge is -2.12. The van der Waals surface area contributed by atoms with E-state index in [1.165, 1.54) is 25.0 Å². The summed E-state index contributed by atoms with van der Waals surface area (Å²) in [6.07, 6.45) is 5.82. The smallest absolute Gasteiger partial charge is 0.0522 e. The zero-order valence-corrected chi connectivity index (χ0v) is 9.74. The molecule has 1 atom stereocenters. The maximum absolute atomic E-state index is 4.38. The molecule has 3 nitrogen and oxygen atoms in total. The summed E-state index contributed by atoms with van der Waals surface area (Å²) in [6, 6.07) is 2.90. The van der Waals surface area contributed by atoms with Crippen LogP contribution in [-0.4, -0.2) is 15.8 Å². The quantitative estimate of drug-likeness (QED) is 0.775. The Bertz CT molecular complexity index is 302. The van der Waals surface area contributed by atoms with Gasteiger partial charge in [-0.3, -0.25) is 4.68 Å². The molecule has 15 heavy (non-hydrogen) atoms. The molecule has 0 aliphatic heterocycles.